The molecule has 0 fully saturated rings. The van der Waals surface area contributed by atoms with Gasteiger partial charge in [0.1, 0.15) is 5.69 Å². The topological polar surface area (TPSA) is 63.2 Å². The molecular weight excluding hydrogens is 302 g/mol. The lowest BCUT2D eigenvalue weighted by Crippen LogP contribution is -2.27. The number of nitrogens with zero attached hydrogens (tertiary/aromatic N) is 1. The van der Waals surface area contributed by atoms with Gasteiger partial charge in [-0.1, -0.05) is 23.7 Å². The lowest BCUT2D eigenvalue weighted by molar-refractivity contribution is 0.0932. The van der Waals surface area contributed by atoms with Crippen molar-refractivity contribution in [2.45, 2.75) is 6.54 Å². The number of hydrogen-bond acceptors (Lipinski definition) is 4. The summed E-state index contributed by atoms with van der Waals surface area (Å²) < 4.78 is 4.89. The molecule has 0 atom stereocenters. The van der Waals surface area contributed by atoms with Crippen molar-refractivity contribution in [1.82, 2.24) is 10.3 Å². The van der Waals surface area contributed by atoms with Gasteiger partial charge in [0.2, 0.25) is 0 Å². The predicted octanol–water partition coefficient (Wildman–Crippen LogP) is 2.72. The number of anilines is 1. The largest absolute Gasteiger partial charge is 0.383 e. The van der Waals surface area contributed by atoms with Crippen molar-refractivity contribution in [1.29, 1.82) is 0 Å². The highest BCUT2D eigenvalue weighted by molar-refractivity contribution is 6.30. The number of rotatable bonds is 7. The number of halogens is 1. The molecule has 0 aliphatic heterocycles. The maximum absolute atomic E-state index is 11.9. The molecule has 1 amide bonds. The predicted molar refractivity (Wildman–Crippen MR) is 87.2 cm³/mol. The van der Waals surface area contributed by atoms with Crippen LogP contribution in [0.1, 0.15) is 16.1 Å². The Morgan fingerprint density at radius 2 is 2.05 bits per heavy atom. The number of carbonyl (C=O) groups excluding carboxylic acids is 1. The Bertz CT molecular complexity index is 617. The van der Waals surface area contributed by atoms with Crippen molar-refractivity contribution in [3.63, 3.8) is 0 Å². The molecule has 0 unspecified atom stereocenters. The van der Waals surface area contributed by atoms with Gasteiger partial charge in [0, 0.05) is 37.1 Å². The first kappa shape index (κ1) is 16.3. The standard InChI is InChI=1S/C16H18ClN3O2/c1-22-9-8-19-16(21)15-10-14(6-7-18-15)20-11-12-2-4-13(17)5-3-12/h2-7,10H,8-9,11H2,1H3,(H,18,20)(H,19,21). The van der Waals surface area contributed by atoms with Gasteiger partial charge >= 0.3 is 0 Å². The molecule has 1 aromatic heterocycles. The number of amides is 1. The monoisotopic (exact) mass is 319 g/mol. The maximum atomic E-state index is 11.9. The van der Waals surface area contributed by atoms with Gasteiger partial charge in [0.05, 0.1) is 6.61 Å². The summed E-state index contributed by atoms with van der Waals surface area (Å²) in [6.45, 7) is 1.58. The van der Waals surface area contributed by atoms with Crippen LogP contribution in [0.3, 0.4) is 0 Å². The Balaban J connectivity index is 1.93. The number of methoxy groups -OCH3 is 1. The second-order valence-electron chi connectivity index (χ2n) is 4.66. The highest BCUT2D eigenvalue weighted by Crippen LogP contribution is 2.13. The number of hydrogen-bond donors (Lipinski definition) is 2. The van der Waals surface area contributed by atoms with Crippen LogP contribution in [0.4, 0.5) is 5.69 Å². The van der Waals surface area contributed by atoms with Crippen LogP contribution in [0.15, 0.2) is 42.6 Å². The van der Waals surface area contributed by atoms with Gasteiger partial charge in [-0.15, -0.1) is 0 Å². The molecule has 5 nitrogen and oxygen atoms in total. The third-order valence-electron chi connectivity index (χ3n) is 2.99. The van der Waals surface area contributed by atoms with Crippen molar-refractivity contribution in [2.24, 2.45) is 0 Å². The van der Waals surface area contributed by atoms with Gasteiger partial charge in [-0.25, -0.2) is 0 Å². The molecule has 2 rings (SSSR count). The van der Waals surface area contributed by atoms with Gasteiger partial charge in [-0.3, -0.25) is 9.78 Å². The summed E-state index contributed by atoms with van der Waals surface area (Å²) in [5, 5.41) is 6.70. The molecule has 0 saturated heterocycles. The molecule has 22 heavy (non-hydrogen) atoms. The summed E-state index contributed by atoms with van der Waals surface area (Å²) in [5.41, 5.74) is 2.31. The zero-order valence-electron chi connectivity index (χ0n) is 12.3. The van der Waals surface area contributed by atoms with Crippen LogP contribution in [0.5, 0.6) is 0 Å². The number of benzene rings is 1. The highest BCUT2D eigenvalue weighted by Gasteiger charge is 2.07. The Morgan fingerprint density at radius 3 is 2.77 bits per heavy atom. The molecule has 0 aliphatic rings. The maximum Gasteiger partial charge on any atom is 0.270 e. The molecule has 1 aromatic carbocycles. The molecule has 6 heteroatoms. The first-order valence-corrected chi connectivity index (χ1v) is 7.28. The minimum atomic E-state index is -0.216. The average molecular weight is 320 g/mol. The number of pyridine rings is 1. The van der Waals surface area contributed by atoms with Crippen molar-refractivity contribution < 1.29 is 9.53 Å². The van der Waals surface area contributed by atoms with E-state index in [-0.39, 0.29) is 5.91 Å². The zero-order valence-corrected chi connectivity index (χ0v) is 13.1. The number of aromatic nitrogens is 1. The summed E-state index contributed by atoms with van der Waals surface area (Å²) in [4.78, 5) is 16.0. The minimum absolute atomic E-state index is 0.216. The fraction of sp³-hybridized carbons (Fsp3) is 0.250. The number of ether oxygens (including phenoxy) is 1. The molecule has 0 aliphatic carbocycles. The highest BCUT2D eigenvalue weighted by atomic mass is 35.5. The summed E-state index contributed by atoms with van der Waals surface area (Å²) >= 11 is 5.85. The van der Waals surface area contributed by atoms with Crippen molar-refractivity contribution in [3.8, 4) is 0 Å². The molecule has 116 valence electrons. The number of carbonyl (C=O) groups is 1. The van der Waals surface area contributed by atoms with Gasteiger partial charge in [0.15, 0.2) is 0 Å². The summed E-state index contributed by atoms with van der Waals surface area (Å²) in [6.07, 6.45) is 1.61. The summed E-state index contributed by atoms with van der Waals surface area (Å²) in [6, 6.07) is 11.1. The average Bonchev–Trinajstić information content (AvgIpc) is 2.55. The van der Waals surface area contributed by atoms with E-state index < -0.39 is 0 Å². The van der Waals surface area contributed by atoms with Crippen molar-refractivity contribution in [3.05, 3.63) is 58.9 Å². The lowest BCUT2D eigenvalue weighted by Gasteiger charge is -2.08. The van der Waals surface area contributed by atoms with Crippen LogP contribution < -0.4 is 10.6 Å². The fourth-order valence-corrected chi connectivity index (χ4v) is 1.95. The molecule has 0 radical (unpaired) electrons. The Morgan fingerprint density at radius 1 is 1.27 bits per heavy atom. The number of nitrogens with one attached hydrogen (secondary N) is 2. The third kappa shape index (κ3) is 5.02. The van der Waals surface area contributed by atoms with Crippen LogP contribution in [0.2, 0.25) is 5.02 Å². The van der Waals surface area contributed by atoms with Crippen LogP contribution in [0, 0.1) is 0 Å². The Kier molecular flexibility index (Phi) is 6.18. The molecule has 0 spiro atoms. The molecule has 2 aromatic rings. The molecule has 2 N–H and O–H groups in total. The van der Waals surface area contributed by atoms with E-state index in [0.29, 0.717) is 30.4 Å². The van der Waals surface area contributed by atoms with E-state index in [9.17, 15) is 4.79 Å². The van der Waals surface area contributed by atoms with Crippen molar-refractivity contribution in [2.75, 3.05) is 25.6 Å². The second kappa shape index (κ2) is 8.36. The van der Waals surface area contributed by atoms with Crippen LogP contribution in [-0.2, 0) is 11.3 Å². The molecule has 0 bridgehead atoms. The van der Waals surface area contributed by atoms with Gasteiger partial charge < -0.3 is 15.4 Å². The van der Waals surface area contributed by atoms with E-state index in [1.54, 1.807) is 19.4 Å². The van der Waals surface area contributed by atoms with E-state index in [2.05, 4.69) is 15.6 Å². The van der Waals surface area contributed by atoms with Gasteiger partial charge in [-0.05, 0) is 29.8 Å². The van der Waals surface area contributed by atoms with Crippen molar-refractivity contribution >= 4 is 23.2 Å². The van der Waals surface area contributed by atoms with E-state index >= 15 is 0 Å². The normalized spacial score (nSPS) is 10.3. The summed E-state index contributed by atoms with van der Waals surface area (Å²) in [5.74, 6) is -0.216. The van der Waals surface area contributed by atoms with E-state index in [1.807, 2.05) is 30.3 Å². The van der Waals surface area contributed by atoms with E-state index in [1.165, 1.54) is 0 Å². The van der Waals surface area contributed by atoms with Gasteiger partial charge in [-0.2, -0.15) is 0 Å². The van der Waals surface area contributed by atoms with Gasteiger partial charge in [0.25, 0.3) is 5.91 Å². The summed E-state index contributed by atoms with van der Waals surface area (Å²) in [7, 11) is 1.59. The van der Waals surface area contributed by atoms with Crippen LogP contribution >= 0.6 is 11.6 Å². The Hall–Kier alpha value is -2.11. The first-order valence-electron chi connectivity index (χ1n) is 6.90. The van der Waals surface area contributed by atoms with Crippen LogP contribution in [-0.4, -0.2) is 31.2 Å². The fourth-order valence-electron chi connectivity index (χ4n) is 1.83. The van der Waals surface area contributed by atoms with E-state index in [0.717, 1.165) is 11.3 Å². The second-order valence-corrected chi connectivity index (χ2v) is 5.09. The zero-order chi connectivity index (χ0) is 15.8. The quantitative estimate of drug-likeness (QED) is 0.770. The first-order chi connectivity index (χ1) is 10.7. The lowest BCUT2D eigenvalue weighted by atomic mass is 10.2. The van der Waals surface area contributed by atoms with Crippen LogP contribution in [0.25, 0.3) is 0 Å². The molecular formula is C16H18ClN3O2. The molecule has 1 heterocycles. The molecule has 0 saturated carbocycles. The van der Waals surface area contributed by atoms with E-state index in [4.69, 9.17) is 16.3 Å². The smallest absolute Gasteiger partial charge is 0.270 e. The minimum Gasteiger partial charge on any atom is -0.383 e. The SMILES string of the molecule is COCCNC(=O)c1cc(NCc2ccc(Cl)cc2)ccn1. The third-order valence-corrected chi connectivity index (χ3v) is 3.25. The Labute approximate surface area is 134 Å².